The van der Waals surface area contributed by atoms with Crippen LogP contribution in [0, 0.1) is 0 Å². The van der Waals surface area contributed by atoms with E-state index in [9.17, 15) is 14.4 Å². The van der Waals surface area contributed by atoms with Crippen LogP contribution in [0.5, 0.6) is 0 Å². The van der Waals surface area contributed by atoms with Crippen molar-refractivity contribution < 1.29 is 28.6 Å². The minimum atomic E-state index is -0.787. The number of rotatable bonds is 48. The van der Waals surface area contributed by atoms with Gasteiger partial charge in [0.25, 0.3) is 0 Å². The zero-order chi connectivity index (χ0) is 45.8. The first-order chi connectivity index (χ1) is 31.0. The van der Waals surface area contributed by atoms with Crippen molar-refractivity contribution in [1.82, 2.24) is 0 Å². The van der Waals surface area contributed by atoms with E-state index in [1.807, 2.05) is 0 Å². The molecule has 0 rings (SSSR count). The molecule has 364 valence electrons. The highest BCUT2D eigenvalue weighted by Crippen LogP contribution is 2.16. The first kappa shape index (κ1) is 60.1. The van der Waals surface area contributed by atoms with Gasteiger partial charge in [-0.15, -0.1) is 0 Å². The number of carbonyl (C=O) groups is 3. The molecule has 0 spiro atoms. The van der Waals surface area contributed by atoms with Crippen molar-refractivity contribution >= 4 is 17.9 Å². The SMILES string of the molecule is CC/C=C\C/C=C\C/C=C\CCCCCCCC(=O)OC(COC(=O)CCCCCCC/C=C\C/C=C\CCC)COC(=O)CCCCCCCCCCCCCCCCCCC. The van der Waals surface area contributed by atoms with Gasteiger partial charge in [-0.05, 0) is 77.0 Å². The first-order valence-electron chi connectivity index (χ1n) is 26.8. The Morgan fingerprint density at radius 3 is 1.03 bits per heavy atom. The molecular weight excluding hydrogens is 781 g/mol. The summed E-state index contributed by atoms with van der Waals surface area (Å²) in [6.07, 6.45) is 63.5. The molecule has 1 unspecified atom stereocenters. The molecule has 0 radical (unpaired) electrons. The van der Waals surface area contributed by atoms with Crippen molar-refractivity contribution in [2.45, 2.75) is 271 Å². The maximum Gasteiger partial charge on any atom is 0.306 e. The zero-order valence-corrected chi connectivity index (χ0v) is 41.6. The van der Waals surface area contributed by atoms with Gasteiger partial charge >= 0.3 is 17.9 Å². The van der Waals surface area contributed by atoms with E-state index in [4.69, 9.17) is 14.2 Å². The molecule has 0 bridgehead atoms. The second-order valence-corrected chi connectivity index (χ2v) is 17.8. The predicted octanol–water partition coefficient (Wildman–Crippen LogP) is 17.6. The fourth-order valence-corrected chi connectivity index (χ4v) is 7.49. The van der Waals surface area contributed by atoms with Gasteiger partial charge in [-0.3, -0.25) is 14.4 Å². The van der Waals surface area contributed by atoms with Crippen LogP contribution >= 0.6 is 0 Å². The lowest BCUT2D eigenvalue weighted by atomic mass is 10.0. The second-order valence-electron chi connectivity index (χ2n) is 17.8. The van der Waals surface area contributed by atoms with Gasteiger partial charge in [0, 0.05) is 19.3 Å². The van der Waals surface area contributed by atoms with E-state index in [-0.39, 0.29) is 31.1 Å². The molecule has 6 heteroatoms. The lowest BCUT2D eigenvalue weighted by molar-refractivity contribution is -0.167. The van der Waals surface area contributed by atoms with E-state index in [1.54, 1.807) is 0 Å². The van der Waals surface area contributed by atoms with Crippen LogP contribution in [0.4, 0.5) is 0 Å². The lowest BCUT2D eigenvalue weighted by Gasteiger charge is -2.18. The van der Waals surface area contributed by atoms with Crippen molar-refractivity contribution in [3.8, 4) is 0 Å². The second kappa shape index (κ2) is 51.7. The number of carbonyl (C=O) groups excluding carboxylic acids is 3. The van der Waals surface area contributed by atoms with Crippen LogP contribution in [-0.2, 0) is 28.6 Å². The Bertz CT molecular complexity index is 1150. The maximum atomic E-state index is 12.8. The fourth-order valence-electron chi connectivity index (χ4n) is 7.49. The van der Waals surface area contributed by atoms with Crippen LogP contribution < -0.4 is 0 Å². The number of esters is 3. The third kappa shape index (κ3) is 50.0. The molecule has 0 aliphatic carbocycles. The standard InChI is InChI=1S/C57H100O6/c1-4-7-10-13-16-19-22-25-27-28-30-32-35-38-41-44-47-50-56(59)62-53-54(52-61-55(58)49-46-43-40-37-34-31-24-21-18-15-12-9-6-3)63-57(60)51-48-45-42-39-36-33-29-26-23-20-17-14-11-8-5-2/h8,11-12,15,17,20-21,24,26,29,54H,4-7,9-10,13-14,16,18-19,22-23,25,27-28,30-53H2,1-3H3/b11-8-,15-12-,20-17-,24-21-,29-26-. The molecule has 0 heterocycles. The van der Waals surface area contributed by atoms with E-state index in [0.717, 1.165) is 122 Å². The molecule has 0 amide bonds. The summed E-state index contributed by atoms with van der Waals surface area (Å²) in [7, 11) is 0. The number of allylic oxidation sites excluding steroid dienone is 10. The molecule has 6 nitrogen and oxygen atoms in total. The van der Waals surface area contributed by atoms with Crippen LogP contribution in [0.1, 0.15) is 265 Å². The quantitative estimate of drug-likeness (QED) is 0.0262. The fraction of sp³-hybridized carbons (Fsp3) is 0.772. The summed E-state index contributed by atoms with van der Waals surface area (Å²) in [5.41, 5.74) is 0. The molecule has 0 N–H and O–H groups in total. The minimum Gasteiger partial charge on any atom is -0.462 e. The molecule has 63 heavy (non-hydrogen) atoms. The highest BCUT2D eigenvalue weighted by Gasteiger charge is 2.19. The van der Waals surface area contributed by atoms with Crippen molar-refractivity contribution in [3.63, 3.8) is 0 Å². The van der Waals surface area contributed by atoms with Crippen molar-refractivity contribution in [2.24, 2.45) is 0 Å². The average molecular weight is 881 g/mol. The van der Waals surface area contributed by atoms with Crippen LogP contribution in [0.25, 0.3) is 0 Å². The molecule has 0 saturated carbocycles. The van der Waals surface area contributed by atoms with Gasteiger partial charge in [0.15, 0.2) is 6.10 Å². The number of hydrogen-bond acceptors (Lipinski definition) is 6. The predicted molar refractivity (Wildman–Crippen MR) is 270 cm³/mol. The van der Waals surface area contributed by atoms with Gasteiger partial charge in [0.1, 0.15) is 13.2 Å². The zero-order valence-electron chi connectivity index (χ0n) is 41.6. The third-order valence-electron chi connectivity index (χ3n) is 11.5. The molecule has 0 aliphatic heterocycles. The van der Waals surface area contributed by atoms with Crippen LogP contribution in [0.2, 0.25) is 0 Å². The van der Waals surface area contributed by atoms with E-state index in [1.165, 1.54) is 103 Å². The van der Waals surface area contributed by atoms with Gasteiger partial charge in [0.2, 0.25) is 0 Å². The molecule has 0 fully saturated rings. The van der Waals surface area contributed by atoms with E-state index < -0.39 is 6.10 Å². The first-order valence-corrected chi connectivity index (χ1v) is 26.8. The number of unbranched alkanes of at least 4 members (excludes halogenated alkanes) is 27. The van der Waals surface area contributed by atoms with Gasteiger partial charge < -0.3 is 14.2 Å². The molecule has 1 atom stereocenters. The Morgan fingerprint density at radius 1 is 0.333 bits per heavy atom. The Kier molecular flexibility index (Phi) is 49.4. The Hall–Kier alpha value is -2.89. The summed E-state index contributed by atoms with van der Waals surface area (Å²) in [6, 6.07) is 0. The van der Waals surface area contributed by atoms with Crippen LogP contribution in [-0.4, -0.2) is 37.2 Å². The third-order valence-corrected chi connectivity index (χ3v) is 11.5. The summed E-state index contributed by atoms with van der Waals surface area (Å²) in [5, 5.41) is 0. The maximum absolute atomic E-state index is 12.8. The van der Waals surface area contributed by atoms with E-state index in [0.29, 0.717) is 19.3 Å². The summed E-state index contributed by atoms with van der Waals surface area (Å²) < 4.78 is 16.8. The molecule has 0 aromatic rings. The normalized spacial score (nSPS) is 12.5. The summed E-state index contributed by atoms with van der Waals surface area (Å²) in [4.78, 5) is 38.0. The Labute approximate surface area is 390 Å². The van der Waals surface area contributed by atoms with Gasteiger partial charge in [-0.1, -0.05) is 229 Å². The van der Waals surface area contributed by atoms with Crippen molar-refractivity contribution in [3.05, 3.63) is 60.8 Å². The molecular formula is C57H100O6. The lowest BCUT2D eigenvalue weighted by Crippen LogP contribution is -2.30. The minimum absolute atomic E-state index is 0.0838. The smallest absolute Gasteiger partial charge is 0.306 e. The summed E-state index contributed by atoms with van der Waals surface area (Å²) >= 11 is 0. The van der Waals surface area contributed by atoms with Crippen molar-refractivity contribution in [1.29, 1.82) is 0 Å². The summed E-state index contributed by atoms with van der Waals surface area (Å²) in [5.74, 6) is -0.908. The van der Waals surface area contributed by atoms with Gasteiger partial charge in [0.05, 0.1) is 0 Å². The van der Waals surface area contributed by atoms with E-state index >= 15 is 0 Å². The van der Waals surface area contributed by atoms with Crippen LogP contribution in [0.15, 0.2) is 60.8 Å². The highest BCUT2D eigenvalue weighted by molar-refractivity contribution is 5.71. The average Bonchev–Trinajstić information content (AvgIpc) is 3.28. The van der Waals surface area contributed by atoms with Gasteiger partial charge in [-0.2, -0.15) is 0 Å². The topological polar surface area (TPSA) is 78.9 Å². The number of ether oxygens (including phenoxy) is 3. The molecule has 0 aromatic carbocycles. The molecule has 0 saturated heterocycles. The largest absolute Gasteiger partial charge is 0.462 e. The molecule has 0 aliphatic rings. The Morgan fingerprint density at radius 2 is 0.651 bits per heavy atom. The highest BCUT2D eigenvalue weighted by atomic mass is 16.6. The number of hydrogen-bond donors (Lipinski definition) is 0. The Balaban J connectivity index is 4.38. The van der Waals surface area contributed by atoms with Crippen LogP contribution in [0.3, 0.4) is 0 Å². The monoisotopic (exact) mass is 881 g/mol. The van der Waals surface area contributed by atoms with E-state index in [2.05, 4.69) is 81.5 Å². The molecule has 0 aromatic heterocycles. The van der Waals surface area contributed by atoms with Crippen molar-refractivity contribution in [2.75, 3.05) is 13.2 Å². The van der Waals surface area contributed by atoms with Gasteiger partial charge in [-0.25, -0.2) is 0 Å². The summed E-state index contributed by atoms with van der Waals surface area (Å²) in [6.45, 7) is 6.45.